The van der Waals surface area contributed by atoms with Gasteiger partial charge in [0.2, 0.25) is 17.7 Å². The van der Waals surface area contributed by atoms with Crippen LogP contribution in [-0.2, 0) is 20.9 Å². The second kappa shape index (κ2) is 8.41. The van der Waals surface area contributed by atoms with Gasteiger partial charge >= 0.3 is 0 Å². The number of ether oxygens (including phenoxy) is 2. The van der Waals surface area contributed by atoms with E-state index < -0.39 is 0 Å². The van der Waals surface area contributed by atoms with Crippen molar-refractivity contribution in [1.82, 2.24) is 10.2 Å². The lowest BCUT2D eigenvalue weighted by Crippen LogP contribution is -2.35. The van der Waals surface area contributed by atoms with Crippen LogP contribution in [0.3, 0.4) is 0 Å². The van der Waals surface area contributed by atoms with Crippen LogP contribution in [0.2, 0.25) is 0 Å². The molecular formula is C20H26N2O5. The van der Waals surface area contributed by atoms with Crippen LogP contribution in [0.25, 0.3) is 0 Å². The standard InChI is InChI=1S/C20H26N2O5/c1-26-16-8-7-13(11-17(16)27-2)12-21-18(23)9-10-22-19(24)14-5-3-4-6-15(14)20(22)25/h7-8,11,14-15H,3-6,9-10,12H2,1-2H3,(H,21,23)/t14-,15+. The molecular weight excluding hydrogens is 348 g/mol. The SMILES string of the molecule is COc1ccc(CNC(=O)CCN2C(=O)[C@H]3CCCC[C@H]3C2=O)cc1OC. The molecule has 3 amide bonds. The van der Waals surface area contributed by atoms with Gasteiger partial charge in [-0.15, -0.1) is 0 Å². The minimum atomic E-state index is -0.194. The average Bonchev–Trinajstić information content (AvgIpc) is 2.95. The number of hydrogen-bond donors (Lipinski definition) is 1. The zero-order valence-electron chi connectivity index (χ0n) is 15.8. The number of nitrogens with one attached hydrogen (secondary N) is 1. The fourth-order valence-electron chi connectivity index (χ4n) is 3.94. The van der Waals surface area contributed by atoms with E-state index in [2.05, 4.69) is 5.32 Å². The summed E-state index contributed by atoms with van der Waals surface area (Å²) in [6.07, 6.45) is 3.69. The largest absolute Gasteiger partial charge is 0.493 e. The molecule has 0 spiro atoms. The third-order valence-electron chi connectivity index (χ3n) is 5.43. The van der Waals surface area contributed by atoms with Crippen LogP contribution in [-0.4, -0.2) is 43.4 Å². The summed E-state index contributed by atoms with van der Waals surface area (Å²) in [4.78, 5) is 38.3. The van der Waals surface area contributed by atoms with E-state index in [-0.39, 0.29) is 42.5 Å². The van der Waals surface area contributed by atoms with Gasteiger partial charge in [-0.05, 0) is 30.5 Å². The summed E-state index contributed by atoms with van der Waals surface area (Å²) in [6, 6.07) is 5.43. The average molecular weight is 374 g/mol. The minimum absolute atomic E-state index is 0.0996. The maximum Gasteiger partial charge on any atom is 0.233 e. The second-order valence-electron chi connectivity index (χ2n) is 7.04. The Balaban J connectivity index is 1.50. The van der Waals surface area contributed by atoms with Crippen LogP contribution in [0.5, 0.6) is 11.5 Å². The lowest BCUT2D eigenvalue weighted by molar-refractivity contribution is -0.140. The summed E-state index contributed by atoms with van der Waals surface area (Å²) in [5.41, 5.74) is 0.875. The number of hydrogen-bond acceptors (Lipinski definition) is 5. The number of amides is 3. The molecule has 1 aliphatic heterocycles. The van der Waals surface area contributed by atoms with E-state index in [1.54, 1.807) is 26.4 Å². The summed E-state index contributed by atoms with van der Waals surface area (Å²) < 4.78 is 10.4. The molecule has 7 heteroatoms. The van der Waals surface area contributed by atoms with E-state index in [1.807, 2.05) is 6.07 Å². The first-order valence-corrected chi connectivity index (χ1v) is 9.38. The van der Waals surface area contributed by atoms with Crippen molar-refractivity contribution in [3.63, 3.8) is 0 Å². The highest BCUT2D eigenvalue weighted by atomic mass is 16.5. The van der Waals surface area contributed by atoms with Gasteiger partial charge in [-0.2, -0.15) is 0 Å². The number of likely N-dealkylation sites (tertiary alicyclic amines) is 1. The van der Waals surface area contributed by atoms with Crippen molar-refractivity contribution in [3.05, 3.63) is 23.8 Å². The van der Waals surface area contributed by atoms with Gasteiger partial charge in [0, 0.05) is 19.5 Å². The molecule has 0 bridgehead atoms. The Labute approximate surface area is 159 Å². The number of carbonyl (C=O) groups is 3. The van der Waals surface area contributed by atoms with Crippen LogP contribution in [0.15, 0.2) is 18.2 Å². The van der Waals surface area contributed by atoms with Crippen molar-refractivity contribution in [2.45, 2.75) is 38.6 Å². The van der Waals surface area contributed by atoms with Crippen molar-refractivity contribution in [2.75, 3.05) is 20.8 Å². The number of carbonyl (C=O) groups excluding carboxylic acids is 3. The second-order valence-corrected chi connectivity index (χ2v) is 7.04. The Kier molecular flexibility index (Phi) is 5.98. The molecule has 0 radical (unpaired) electrons. The quantitative estimate of drug-likeness (QED) is 0.737. The van der Waals surface area contributed by atoms with Crippen LogP contribution in [0.1, 0.15) is 37.7 Å². The first kappa shape index (κ1) is 19.2. The molecule has 1 aromatic carbocycles. The zero-order chi connectivity index (χ0) is 19.4. The van der Waals surface area contributed by atoms with Crippen molar-refractivity contribution < 1.29 is 23.9 Å². The van der Waals surface area contributed by atoms with E-state index in [4.69, 9.17) is 9.47 Å². The number of rotatable bonds is 7. The molecule has 2 fully saturated rings. The highest BCUT2D eigenvalue weighted by molar-refractivity contribution is 6.05. The molecule has 3 rings (SSSR count). The molecule has 2 atom stereocenters. The monoisotopic (exact) mass is 374 g/mol. The van der Waals surface area contributed by atoms with Crippen LogP contribution >= 0.6 is 0 Å². The van der Waals surface area contributed by atoms with E-state index in [0.29, 0.717) is 18.0 Å². The van der Waals surface area contributed by atoms with E-state index in [0.717, 1.165) is 31.2 Å². The van der Waals surface area contributed by atoms with Gasteiger partial charge < -0.3 is 14.8 Å². The minimum Gasteiger partial charge on any atom is -0.493 e. The molecule has 1 aromatic rings. The van der Waals surface area contributed by atoms with Gasteiger partial charge in [0.05, 0.1) is 26.1 Å². The Morgan fingerprint density at radius 2 is 1.70 bits per heavy atom. The van der Waals surface area contributed by atoms with Gasteiger partial charge in [-0.25, -0.2) is 0 Å². The summed E-state index contributed by atoms with van der Waals surface area (Å²) in [5.74, 6) is 0.498. The number of methoxy groups -OCH3 is 2. The Hall–Kier alpha value is -2.57. The van der Waals surface area contributed by atoms with Gasteiger partial charge in [0.1, 0.15) is 0 Å². The number of fused-ring (bicyclic) bond motifs is 1. The molecule has 1 aliphatic carbocycles. The topological polar surface area (TPSA) is 84.9 Å². The fourth-order valence-corrected chi connectivity index (χ4v) is 3.94. The predicted octanol–water partition coefficient (Wildman–Crippen LogP) is 1.89. The van der Waals surface area contributed by atoms with Gasteiger partial charge in [-0.1, -0.05) is 18.9 Å². The molecule has 1 saturated heterocycles. The van der Waals surface area contributed by atoms with E-state index in [1.165, 1.54) is 4.90 Å². The molecule has 1 N–H and O–H groups in total. The molecule has 146 valence electrons. The van der Waals surface area contributed by atoms with E-state index >= 15 is 0 Å². The highest BCUT2D eigenvalue weighted by Gasteiger charge is 2.47. The van der Waals surface area contributed by atoms with Crippen molar-refractivity contribution in [1.29, 1.82) is 0 Å². The van der Waals surface area contributed by atoms with E-state index in [9.17, 15) is 14.4 Å². The Morgan fingerprint density at radius 1 is 1.07 bits per heavy atom. The summed E-state index contributed by atoms with van der Waals surface area (Å²) in [5, 5.41) is 2.82. The third-order valence-corrected chi connectivity index (χ3v) is 5.43. The molecule has 1 saturated carbocycles. The molecule has 0 unspecified atom stereocenters. The molecule has 0 aromatic heterocycles. The van der Waals surface area contributed by atoms with Crippen molar-refractivity contribution >= 4 is 17.7 Å². The highest BCUT2D eigenvalue weighted by Crippen LogP contribution is 2.38. The van der Waals surface area contributed by atoms with Crippen LogP contribution < -0.4 is 14.8 Å². The fraction of sp³-hybridized carbons (Fsp3) is 0.550. The normalized spacial score (nSPS) is 21.8. The van der Waals surface area contributed by atoms with Crippen molar-refractivity contribution in [3.8, 4) is 11.5 Å². The number of nitrogens with zero attached hydrogens (tertiary/aromatic N) is 1. The molecule has 1 heterocycles. The van der Waals surface area contributed by atoms with Gasteiger partial charge in [0.15, 0.2) is 11.5 Å². The zero-order valence-corrected chi connectivity index (χ0v) is 15.8. The lowest BCUT2D eigenvalue weighted by Gasteiger charge is -2.19. The maximum absolute atomic E-state index is 12.4. The molecule has 27 heavy (non-hydrogen) atoms. The summed E-state index contributed by atoms with van der Waals surface area (Å²) in [7, 11) is 3.12. The van der Waals surface area contributed by atoms with Crippen LogP contribution in [0.4, 0.5) is 0 Å². The Bertz CT molecular complexity index is 709. The molecule has 2 aliphatic rings. The smallest absolute Gasteiger partial charge is 0.233 e. The van der Waals surface area contributed by atoms with Crippen LogP contribution in [0, 0.1) is 11.8 Å². The summed E-state index contributed by atoms with van der Waals surface area (Å²) in [6.45, 7) is 0.495. The van der Waals surface area contributed by atoms with Gasteiger partial charge in [-0.3, -0.25) is 19.3 Å². The number of benzene rings is 1. The molecule has 7 nitrogen and oxygen atoms in total. The first-order chi connectivity index (χ1) is 13.0. The van der Waals surface area contributed by atoms with Crippen molar-refractivity contribution in [2.24, 2.45) is 11.8 Å². The Morgan fingerprint density at radius 3 is 2.30 bits per heavy atom. The van der Waals surface area contributed by atoms with Gasteiger partial charge in [0.25, 0.3) is 0 Å². The summed E-state index contributed by atoms with van der Waals surface area (Å²) >= 11 is 0. The third kappa shape index (κ3) is 4.07. The lowest BCUT2D eigenvalue weighted by atomic mass is 9.81. The first-order valence-electron chi connectivity index (χ1n) is 9.38. The number of imide groups is 1. The predicted molar refractivity (Wildman–Crippen MR) is 98.2 cm³/mol. The maximum atomic E-state index is 12.4.